The van der Waals surface area contributed by atoms with Crippen molar-refractivity contribution < 1.29 is 24.2 Å². The fourth-order valence-electron chi connectivity index (χ4n) is 3.17. The van der Waals surface area contributed by atoms with E-state index in [0.29, 0.717) is 38.1 Å². The molecule has 27 heavy (non-hydrogen) atoms. The number of likely N-dealkylation sites (tertiary alicyclic amines) is 1. The largest absolute Gasteiger partial charge is 0.484 e. The van der Waals surface area contributed by atoms with Gasteiger partial charge in [0.2, 0.25) is 5.91 Å². The number of carbonyl (C=O) groups is 3. The number of carboxylic acids is 1. The summed E-state index contributed by atoms with van der Waals surface area (Å²) in [5.74, 6) is -1.16. The second-order valence-electron chi connectivity index (χ2n) is 6.83. The Balaban J connectivity index is 1.71. The van der Waals surface area contributed by atoms with Crippen molar-refractivity contribution in [2.75, 3.05) is 26.2 Å². The monoisotopic (exact) mass is 376 g/mol. The molecule has 0 spiro atoms. The molecule has 2 N–H and O–H groups in total. The highest BCUT2D eigenvalue weighted by Gasteiger charge is 2.28. The Kier molecular flexibility index (Phi) is 8.10. The SMILES string of the molecule is CCCC(CNC(=O)C1CCN(C(=O)COc2ccccc2)CC1)C(=O)O. The van der Waals surface area contributed by atoms with Crippen LogP contribution in [0.3, 0.4) is 0 Å². The molecule has 2 amide bonds. The molecule has 0 saturated carbocycles. The van der Waals surface area contributed by atoms with Crippen LogP contribution < -0.4 is 10.1 Å². The fraction of sp³-hybridized carbons (Fsp3) is 0.550. The van der Waals surface area contributed by atoms with Crippen LogP contribution in [-0.4, -0.2) is 54.0 Å². The molecule has 0 aliphatic carbocycles. The lowest BCUT2D eigenvalue weighted by atomic mass is 9.95. The van der Waals surface area contributed by atoms with Gasteiger partial charge < -0.3 is 20.1 Å². The maximum atomic E-state index is 12.3. The molecule has 148 valence electrons. The van der Waals surface area contributed by atoms with Crippen LogP contribution in [0.5, 0.6) is 5.75 Å². The summed E-state index contributed by atoms with van der Waals surface area (Å²) in [6.07, 6.45) is 2.46. The van der Waals surface area contributed by atoms with Crippen LogP contribution in [0.1, 0.15) is 32.6 Å². The number of hydrogen-bond donors (Lipinski definition) is 2. The average molecular weight is 376 g/mol. The van der Waals surface area contributed by atoms with Gasteiger partial charge in [-0.25, -0.2) is 0 Å². The zero-order valence-electron chi connectivity index (χ0n) is 15.7. The third-order valence-electron chi connectivity index (χ3n) is 4.83. The highest BCUT2D eigenvalue weighted by molar-refractivity contribution is 5.81. The first-order valence-electron chi connectivity index (χ1n) is 9.47. The minimum atomic E-state index is -0.879. The number of nitrogens with one attached hydrogen (secondary N) is 1. The number of carboxylic acid groups (broad SMARTS) is 1. The predicted octanol–water partition coefficient (Wildman–Crippen LogP) is 1.92. The van der Waals surface area contributed by atoms with Crippen molar-refractivity contribution >= 4 is 17.8 Å². The van der Waals surface area contributed by atoms with Gasteiger partial charge in [0, 0.05) is 25.6 Å². The summed E-state index contributed by atoms with van der Waals surface area (Å²) in [4.78, 5) is 37.4. The molecule has 1 heterocycles. The van der Waals surface area contributed by atoms with E-state index in [9.17, 15) is 14.4 Å². The van der Waals surface area contributed by atoms with E-state index in [4.69, 9.17) is 9.84 Å². The first kappa shape index (κ1) is 20.7. The van der Waals surface area contributed by atoms with Crippen molar-refractivity contribution in [3.63, 3.8) is 0 Å². The van der Waals surface area contributed by atoms with Crippen LogP contribution in [0, 0.1) is 11.8 Å². The molecule has 1 atom stereocenters. The van der Waals surface area contributed by atoms with Crippen LogP contribution >= 0.6 is 0 Å². The molecule has 2 rings (SSSR count). The molecule has 1 saturated heterocycles. The smallest absolute Gasteiger partial charge is 0.308 e. The number of carbonyl (C=O) groups excluding carboxylic acids is 2. The van der Waals surface area contributed by atoms with E-state index >= 15 is 0 Å². The lowest BCUT2D eigenvalue weighted by Gasteiger charge is -2.31. The van der Waals surface area contributed by atoms with E-state index in [0.717, 1.165) is 6.42 Å². The van der Waals surface area contributed by atoms with Crippen molar-refractivity contribution in [2.45, 2.75) is 32.6 Å². The summed E-state index contributed by atoms with van der Waals surface area (Å²) < 4.78 is 5.48. The Bertz CT molecular complexity index is 627. The van der Waals surface area contributed by atoms with E-state index in [2.05, 4.69) is 5.32 Å². The Morgan fingerprint density at radius 1 is 1.22 bits per heavy atom. The van der Waals surface area contributed by atoms with E-state index in [-0.39, 0.29) is 30.9 Å². The van der Waals surface area contributed by atoms with E-state index in [1.807, 2.05) is 25.1 Å². The van der Waals surface area contributed by atoms with E-state index in [1.165, 1.54) is 0 Å². The van der Waals surface area contributed by atoms with Gasteiger partial charge in [-0.15, -0.1) is 0 Å². The maximum absolute atomic E-state index is 12.3. The van der Waals surface area contributed by atoms with Gasteiger partial charge >= 0.3 is 5.97 Å². The molecule has 1 unspecified atom stereocenters. The third-order valence-corrected chi connectivity index (χ3v) is 4.83. The molecular weight excluding hydrogens is 348 g/mol. The van der Waals surface area contributed by atoms with Gasteiger partial charge in [-0.3, -0.25) is 14.4 Å². The first-order valence-corrected chi connectivity index (χ1v) is 9.47. The molecular formula is C20H28N2O5. The number of ether oxygens (including phenoxy) is 1. The van der Waals surface area contributed by atoms with Gasteiger partial charge in [0.05, 0.1) is 5.92 Å². The molecule has 0 bridgehead atoms. The number of nitrogens with zero attached hydrogens (tertiary/aromatic N) is 1. The lowest BCUT2D eigenvalue weighted by molar-refractivity contribution is -0.142. The van der Waals surface area contributed by atoms with Crippen LogP contribution in [-0.2, 0) is 14.4 Å². The fourth-order valence-corrected chi connectivity index (χ4v) is 3.17. The predicted molar refractivity (Wildman–Crippen MR) is 100 cm³/mol. The highest BCUT2D eigenvalue weighted by atomic mass is 16.5. The lowest BCUT2D eigenvalue weighted by Crippen LogP contribution is -2.45. The topological polar surface area (TPSA) is 95.9 Å². The van der Waals surface area contributed by atoms with E-state index < -0.39 is 11.9 Å². The van der Waals surface area contributed by atoms with Gasteiger partial charge in [0.1, 0.15) is 5.75 Å². The van der Waals surface area contributed by atoms with Crippen LogP contribution in [0.15, 0.2) is 30.3 Å². The molecule has 7 heteroatoms. The summed E-state index contributed by atoms with van der Waals surface area (Å²) in [5.41, 5.74) is 0. The Hall–Kier alpha value is -2.57. The second-order valence-corrected chi connectivity index (χ2v) is 6.83. The van der Waals surface area contributed by atoms with Crippen LogP contribution in [0.2, 0.25) is 0 Å². The van der Waals surface area contributed by atoms with E-state index in [1.54, 1.807) is 17.0 Å². The summed E-state index contributed by atoms with van der Waals surface area (Å²) in [6, 6.07) is 9.17. The normalized spacial score (nSPS) is 15.8. The summed E-state index contributed by atoms with van der Waals surface area (Å²) in [7, 11) is 0. The van der Waals surface area contributed by atoms with Gasteiger partial charge in [0.25, 0.3) is 5.91 Å². The van der Waals surface area contributed by atoms with Crippen molar-refractivity contribution in [3.8, 4) is 5.75 Å². The quantitative estimate of drug-likeness (QED) is 0.686. The molecule has 0 aromatic heterocycles. The van der Waals surface area contributed by atoms with Crippen LogP contribution in [0.25, 0.3) is 0 Å². The summed E-state index contributed by atoms with van der Waals surface area (Å²) in [6.45, 7) is 3.08. The van der Waals surface area contributed by atoms with Crippen molar-refractivity contribution in [1.29, 1.82) is 0 Å². The highest BCUT2D eigenvalue weighted by Crippen LogP contribution is 2.18. The zero-order valence-corrected chi connectivity index (χ0v) is 15.7. The number of aliphatic carboxylic acids is 1. The van der Waals surface area contributed by atoms with Gasteiger partial charge in [-0.05, 0) is 31.4 Å². The van der Waals surface area contributed by atoms with Crippen molar-refractivity contribution in [3.05, 3.63) is 30.3 Å². The molecule has 1 fully saturated rings. The zero-order chi connectivity index (χ0) is 19.6. The Labute approximate surface area is 159 Å². The van der Waals surface area contributed by atoms with Crippen molar-refractivity contribution in [2.24, 2.45) is 11.8 Å². The Morgan fingerprint density at radius 3 is 2.48 bits per heavy atom. The minimum Gasteiger partial charge on any atom is -0.484 e. The molecule has 1 aromatic carbocycles. The standard InChI is InChI=1S/C20H28N2O5/c1-2-6-16(20(25)26)13-21-19(24)15-9-11-22(12-10-15)18(23)14-27-17-7-4-3-5-8-17/h3-5,7-8,15-16H,2,6,9-14H2,1H3,(H,21,24)(H,25,26). The minimum absolute atomic E-state index is 0.0157. The number of benzene rings is 1. The first-order chi connectivity index (χ1) is 13.0. The third kappa shape index (κ3) is 6.58. The van der Waals surface area contributed by atoms with Gasteiger partial charge in [-0.2, -0.15) is 0 Å². The van der Waals surface area contributed by atoms with Gasteiger partial charge in [-0.1, -0.05) is 31.5 Å². The summed E-state index contributed by atoms with van der Waals surface area (Å²) >= 11 is 0. The Morgan fingerprint density at radius 2 is 1.89 bits per heavy atom. The molecule has 1 aliphatic rings. The second kappa shape index (κ2) is 10.5. The molecule has 1 aliphatic heterocycles. The number of hydrogen-bond acceptors (Lipinski definition) is 4. The number of rotatable bonds is 9. The number of piperidine rings is 1. The molecule has 1 aromatic rings. The van der Waals surface area contributed by atoms with Gasteiger partial charge in [0.15, 0.2) is 6.61 Å². The number of para-hydroxylation sites is 1. The molecule has 7 nitrogen and oxygen atoms in total. The number of amides is 2. The average Bonchev–Trinajstić information content (AvgIpc) is 2.69. The maximum Gasteiger partial charge on any atom is 0.308 e. The van der Waals surface area contributed by atoms with Crippen molar-refractivity contribution in [1.82, 2.24) is 10.2 Å². The van der Waals surface area contributed by atoms with Crippen LogP contribution in [0.4, 0.5) is 0 Å². The summed E-state index contributed by atoms with van der Waals surface area (Å²) in [5, 5.41) is 11.9. The molecule has 0 radical (unpaired) electrons.